The number of benzene rings is 1. The number of aliphatic hydroxyl groups excluding tert-OH is 1. The zero-order valence-corrected chi connectivity index (χ0v) is 10.5. The van der Waals surface area contributed by atoms with Crippen LogP contribution in [-0.2, 0) is 0 Å². The lowest BCUT2D eigenvalue weighted by Crippen LogP contribution is -2.38. The Morgan fingerprint density at radius 3 is 2.59 bits per heavy atom. The van der Waals surface area contributed by atoms with Crippen LogP contribution in [0.1, 0.15) is 29.8 Å². The highest BCUT2D eigenvalue weighted by atomic mass is 16.3. The molecule has 0 aromatic heterocycles. The minimum atomic E-state index is -0.159. The van der Waals surface area contributed by atoms with E-state index < -0.39 is 0 Å². The SMILES string of the molecule is Cc1cc(N)cc(C(=O)NC(C)C(C)CO)c1. The molecule has 4 heteroatoms. The maximum Gasteiger partial charge on any atom is 0.251 e. The van der Waals surface area contributed by atoms with Crippen molar-refractivity contribution in [2.24, 2.45) is 5.92 Å². The molecule has 1 aromatic carbocycles. The average Bonchev–Trinajstić information content (AvgIpc) is 2.26. The summed E-state index contributed by atoms with van der Waals surface area (Å²) >= 11 is 0. The Kier molecular flexibility index (Phi) is 4.52. The van der Waals surface area contributed by atoms with Crippen molar-refractivity contribution in [3.63, 3.8) is 0 Å². The molecule has 4 N–H and O–H groups in total. The Hall–Kier alpha value is -1.55. The smallest absolute Gasteiger partial charge is 0.251 e. The lowest BCUT2D eigenvalue weighted by atomic mass is 10.0. The number of carbonyl (C=O) groups excluding carboxylic acids is 1. The summed E-state index contributed by atoms with van der Waals surface area (Å²) in [6, 6.07) is 5.19. The largest absolute Gasteiger partial charge is 0.399 e. The third kappa shape index (κ3) is 3.75. The first-order chi connectivity index (χ1) is 7.93. The van der Waals surface area contributed by atoms with E-state index in [0.29, 0.717) is 11.3 Å². The van der Waals surface area contributed by atoms with Crippen molar-refractivity contribution < 1.29 is 9.90 Å². The first-order valence-corrected chi connectivity index (χ1v) is 5.73. The lowest BCUT2D eigenvalue weighted by Gasteiger charge is -2.19. The lowest BCUT2D eigenvalue weighted by molar-refractivity contribution is 0.0916. The van der Waals surface area contributed by atoms with Crippen molar-refractivity contribution in [2.75, 3.05) is 12.3 Å². The van der Waals surface area contributed by atoms with Gasteiger partial charge in [-0.25, -0.2) is 0 Å². The molecule has 0 saturated carbocycles. The number of nitrogens with two attached hydrogens (primary N) is 1. The second-order valence-corrected chi connectivity index (χ2v) is 4.55. The van der Waals surface area contributed by atoms with E-state index in [9.17, 15) is 4.79 Å². The molecular formula is C13H20N2O2. The summed E-state index contributed by atoms with van der Waals surface area (Å²) in [5, 5.41) is 11.9. The van der Waals surface area contributed by atoms with Gasteiger partial charge in [0.15, 0.2) is 0 Å². The number of hydrogen-bond acceptors (Lipinski definition) is 3. The van der Waals surface area contributed by atoms with Crippen LogP contribution in [0.5, 0.6) is 0 Å². The van der Waals surface area contributed by atoms with Gasteiger partial charge in [-0.2, -0.15) is 0 Å². The Labute approximate surface area is 102 Å². The van der Waals surface area contributed by atoms with Crippen LogP contribution in [0.2, 0.25) is 0 Å². The van der Waals surface area contributed by atoms with E-state index >= 15 is 0 Å². The number of aliphatic hydroxyl groups is 1. The second kappa shape index (κ2) is 5.68. The van der Waals surface area contributed by atoms with Crippen molar-refractivity contribution in [1.29, 1.82) is 0 Å². The van der Waals surface area contributed by atoms with Crippen molar-refractivity contribution in [3.05, 3.63) is 29.3 Å². The summed E-state index contributed by atoms with van der Waals surface area (Å²) in [7, 11) is 0. The highest BCUT2D eigenvalue weighted by Crippen LogP contribution is 2.12. The number of nitrogens with one attached hydrogen (secondary N) is 1. The van der Waals surface area contributed by atoms with Gasteiger partial charge in [0.25, 0.3) is 5.91 Å². The molecule has 1 aromatic rings. The number of hydrogen-bond donors (Lipinski definition) is 3. The molecule has 1 amide bonds. The minimum Gasteiger partial charge on any atom is -0.399 e. The molecule has 0 bridgehead atoms. The Bertz CT molecular complexity index is 384. The number of carbonyl (C=O) groups is 1. The number of amides is 1. The van der Waals surface area contributed by atoms with E-state index in [1.54, 1.807) is 12.1 Å². The van der Waals surface area contributed by atoms with Crippen LogP contribution in [-0.4, -0.2) is 23.7 Å². The van der Waals surface area contributed by atoms with E-state index in [1.807, 2.05) is 26.8 Å². The van der Waals surface area contributed by atoms with Gasteiger partial charge in [0.1, 0.15) is 0 Å². The molecule has 0 fully saturated rings. The van der Waals surface area contributed by atoms with Gasteiger partial charge in [0, 0.05) is 23.9 Å². The van der Waals surface area contributed by atoms with Crippen LogP contribution in [0.15, 0.2) is 18.2 Å². The predicted molar refractivity (Wildman–Crippen MR) is 68.8 cm³/mol. The van der Waals surface area contributed by atoms with E-state index in [2.05, 4.69) is 5.32 Å². The summed E-state index contributed by atoms with van der Waals surface area (Å²) in [4.78, 5) is 11.9. The predicted octanol–water partition coefficient (Wildman–Crippen LogP) is 1.32. The van der Waals surface area contributed by atoms with Crippen LogP contribution in [0.25, 0.3) is 0 Å². The van der Waals surface area contributed by atoms with Crippen molar-refractivity contribution >= 4 is 11.6 Å². The van der Waals surface area contributed by atoms with Crippen molar-refractivity contribution in [2.45, 2.75) is 26.8 Å². The van der Waals surface area contributed by atoms with Crippen LogP contribution in [0.4, 0.5) is 5.69 Å². The van der Waals surface area contributed by atoms with Gasteiger partial charge in [-0.1, -0.05) is 6.92 Å². The molecule has 0 radical (unpaired) electrons. The molecule has 1 rings (SSSR count). The van der Waals surface area contributed by atoms with Crippen LogP contribution < -0.4 is 11.1 Å². The van der Waals surface area contributed by atoms with Crippen LogP contribution in [0.3, 0.4) is 0 Å². The molecule has 2 unspecified atom stereocenters. The number of nitrogen functional groups attached to an aromatic ring is 1. The molecular weight excluding hydrogens is 216 g/mol. The molecule has 0 spiro atoms. The molecule has 94 valence electrons. The van der Waals surface area contributed by atoms with Gasteiger partial charge < -0.3 is 16.2 Å². The molecule has 4 nitrogen and oxygen atoms in total. The topological polar surface area (TPSA) is 75.4 Å². The van der Waals surface area contributed by atoms with E-state index in [1.165, 1.54) is 0 Å². The molecule has 0 aliphatic heterocycles. The Morgan fingerprint density at radius 2 is 2.06 bits per heavy atom. The zero-order valence-electron chi connectivity index (χ0n) is 10.5. The van der Waals surface area contributed by atoms with Gasteiger partial charge >= 0.3 is 0 Å². The molecule has 17 heavy (non-hydrogen) atoms. The summed E-state index contributed by atoms with van der Waals surface area (Å²) in [5.74, 6) is -0.130. The standard InChI is InChI=1S/C13H20N2O2/c1-8-4-11(6-12(14)5-8)13(17)15-10(3)9(2)7-16/h4-6,9-10,16H,7,14H2,1-3H3,(H,15,17). The first-order valence-electron chi connectivity index (χ1n) is 5.73. The zero-order chi connectivity index (χ0) is 13.0. The molecule has 0 aliphatic carbocycles. The highest BCUT2D eigenvalue weighted by Gasteiger charge is 2.15. The third-order valence-corrected chi connectivity index (χ3v) is 2.86. The summed E-state index contributed by atoms with van der Waals surface area (Å²) in [6.45, 7) is 5.71. The molecule has 0 aliphatic rings. The number of anilines is 1. The van der Waals surface area contributed by atoms with Crippen LogP contribution >= 0.6 is 0 Å². The number of aryl methyl sites for hydroxylation is 1. The monoisotopic (exact) mass is 236 g/mol. The first kappa shape index (κ1) is 13.5. The second-order valence-electron chi connectivity index (χ2n) is 4.55. The van der Waals surface area contributed by atoms with Gasteiger partial charge in [0.2, 0.25) is 0 Å². The molecule has 0 heterocycles. The Morgan fingerprint density at radius 1 is 1.41 bits per heavy atom. The average molecular weight is 236 g/mol. The highest BCUT2D eigenvalue weighted by molar-refractivity contribution is 5.95. The minimum absolute atomic E-state index is 0.0288. The number of rotatable bonds is 4. The van der Waals surface area contributed by atoms with Gasteiger partial charge in [-0.3, -0.25) is 4.79 Å². The van der Waals surface area contributed by atoms with E-state index in [-0.39, 0.29) is 24.5 Å². The van der Waals surface area contributed by atoms with Crippen molar-refractivity contribution in [3.8, 4) is 0 Å². The molecule has 0 saturated heterocycles. The van der Waals surface area contributed by atoms with E-state index in [0.717, 1.165) is 5.56 Å². The fourth-order valence-electron chi connectivity index (χ4n) is 1.53. The summed E-state index contributed by atoms with van der Waals surface area (Å²) in [6.07, 6.45) is 0. The Balaban J connectivity index is 2.76. The fourth-order valence-corrected chi connectivity index (χ4v) is 1.53. The fraction of sp³-hybridized carbons (Fsp3) is 0.462. The van der Waals surface area contributed by atoms with Gasteiger partial charge in [-0.15, -0.1) is 0 Å². The molecule has 2 atom stereocenters. The third-order valence-electron chi connectivity index (χ3n) is 2.86. The van der Waals surface area contributed by atoms with Gasteiger partial charge in [-0.05, 0) is 43.5 Å². The maximum atomic E-state index is 11.9. The normalized spacial score (nSPS) is 14.1. The quantitative estimate of drug-likeness (QED) is 0.690. The van der Waals surface area contributed by atoms with Crippen LogP contribution in [0, 0.1) is 12.8 Å². The van der Waals surface area contributed by atoms with Crippen molar-refractivity contribution in [1.82, 2.24) is 5.32 Å². The summed E-state index contributed by atoms with van der Waals surface area (Å²) in [5.41, 5.74) is 7.79. The van der Waals surface area contributed by atoms with E-state index in [4.69, 9.17) is 10.8 Å². The van der Waals surface area contributed by atoms with Gasteiger partial charge in [0.05, 0.1) is 0 Å². The maximum absolute atomic E-state index is 11.9. The summed E-state index contributed by atoms with van der Waals surface area (Å²) < 4.78 is 0.